The topological polar surface area (TPSA) is 61.4 Å². The molecule has 0 amide bonds. The van der Waals surface area contributed by atoms with E-state index in [1.165, 1.54) is 21.5 Å². The van der Waals surface area contributed by atoms with Gasteiger partial charge in [-0.3, -0.25) is 4.57 Å². The fraction of sp³-hybridized carbons (Fsp3) is 0. The summed E-state index contributed by atoms with van der Waals surface area (Å²) in [6.45, 7) is 0. The number of aromatic nitrogens is 6. The van der Waals surface area contributed by atoms with Gasteiger partial charge in [0, 0.05) is 45.2 Å². The second-order valence-electron chi connectivity index (χ2n) is 12.8. The van der Waals surface area contributed by atoms with Gasteiger partial charge < -0.3 is 4.57 Å². The summed E-state index contributed by atoms with van der Waals surface area (Å²) in [5.41, 5.74) is 8.34. The van der Waals surface area contributed by atoms with Crippen molar-refractivity contribution in [2.24, 2.45) is 0 Å². The maximum absolute atomic E-state index is 5.38. The average Bonchev–Trinajstić information content (AvgIpc) is 3.67. The molecule has 0 saturated heterocycles. The van der Waals surface area contributed by atoms with E-state index in [0.717, 1.165) is 60.6 Å². The molecule has 4 aromatic heterocycles. The van der Waals surface area contributed by atoms with E-state index in [9.17, 15) is 0 Å². The van der Waals surface area contributed by atoms with Crippen LogP contribution in [0, 0.1) is 0 Å². The summed E-state index contributed by atoms with van der Waals surface area (Å²) in [5.74, 6) is 0.558. The summed E-state index contributed by atoms with van der Waals surface area (Å²) in [6.07, 6.45) is 3.42. The molecule has 232 valence electrons. The molecule has 11 aromatic rings. The number of nitrogens with zero attached hydrogens (tertiary/aromatic N) is 6. The van der Waals surface area contributed by atoms with E-state index in [-0.39, 0.29) is 0 Å². The Morgan fingerprint density at radius 3 is 1.70 bits per heavy atom. The number of hydrogen-bond donors (Lipinski definition) is 0. The Hall–Kier alpha value is -6.92. The normalized spacial score (nSPS) is 12.0. The zero-order chi connectivity index (χ0) is 32.8. The summed E-state index contributed by atoms with van der Waals surface area (Å²) >= 11 is 0. The van der Waals surface area contributed by atoms with Gasteiger partial charge in [-0.25, -0.2) is 15.0 Å². The molecule has 0 aliphatic rings. The lowest BCUT2D eigenvalue weighted by atomic mass is 10.0. The third kappa shape index (κ3) is 3.90. The predicted molar refractivity (Wildman–Crippen MR) is 204 cm³/mol. The summed E-state index contributed by atoms with van der Waals surface area (Å²) in [4.78, 5) is 20.0. The largest absolute Gasteiger partial charge is 0.309 e. The Morgan fingerprint density at radius 2 is 0.980 bits per heavy atom. The van der Waals surface area contributed by atoms with Crippen molar-refractivity contribution in [1.82, 2.24) is 29.1 Å². The Labute approximate surface area is 285 Å². The molecule has 0 fully saturated rings. The molecule has 0 spiro atoms. The molecular formula is C44H26N6. The summed E-state index contributed by atoms with van der Waals surface area (Å²) in [5, 5.41) is 9.41. The van der Waals surface area contributed by atoms with Crippen molar-refractivity contribution in [3.8, 4) is 22.9 Å². The van der Waals surface area contributed by atoms with Crippen molar-refractivity contribution in [2.45, 2.75) is 0 Å². The number of benzene rings is 7. The molecule has 0 unspecified atom stereocenters. The number of rotatable bonds is 3. The van der Waals surface area contributed by atoms with Gasteiger partial charge in [0.15, 0.2) is 5.65 Å². The van der Waals surface area contributed by atoms with Gasteiger partial charge in [0.2, 0.25) is 5.95 Å². The molecule has 0 saturated carbocycles. The van der Waals surface area contributed by atoms with Crippen LogP contribution in [0.2, 0.25) is 0 Å². The molecule has 0 radical (unpaired) electrons. The van der Waals surface area contributed by atoms with E-state index in [1.54, 1.807) is 12.4 Å². The first kappa shape index (κ1) is 27.1. The number of hydrogen-bond acceptors (Lipinski definition) is 4. The minimum Gasteiger partial charge on any atom is -0.309 e. The van der Waals surface area contributed by atoms with Gasteiger partial charge >= 0.3 is 0 Å². The Balaban J connectivity index is 1.23. The molecule has 0 aliphatic heterocycles. The highest BCUT2D eigenvalue weighted by molar-refractivity contribution is 6.17. The van der Waals surface area contributed by atoms with E-state index >= 15 is 0 Å². The maximum Gasteiger partial charge on any atom is 0.237 e. The van der Waals surface area contributed by atoms with E-state index in [1.807, 2.05) is 0 Å². The third-order valence-electron chi connectivity index (χ3n) is 9.98. The zero-order valence-corrected chi connectivity index (χ0v) is 26.7. The lowest BCUT2D eigenvalue weighted by molar-refractivity contribution is 0.999. The van der Waals surface area contributed by atoms with Crippen LogP contribution in [0.1, 0.15) is 0 Å². The van der Waals surface area contributed by atoms with Crippen LogP contribution in [0.15, 0.2) is 158 Å². The minimum atomic E-state index is 0.549. The third-order valence-corrected chi connectivity index (χ3v) is 9.98. The molecular weight excluding hydrogens is 613 g/mol. The minimum absolute atomic E-state index is 0.549. The maximum atomic E-state index is 5.38. The van der Waals surface area contributed by atoms with Crippen LogP contribution in [-0.4, -0.2) is 29.1 Å². The quantitative estimate of drug-likeness (QED) is 0.193. The summed E-state index contributed by atoms with van der Waals surface area (Å²) in [7, 11) is 0. The lowest BCUT2D eigenvalue weighted by Crippen LogP contribution is -2.05. The van der Waals surface area contributed by atoms with E-state index < -0.39 is 0 Å². The van der Waals surface area contributed by atoms with Gasteiger partial charge in [-0.15, -0.1) is 0 Å². The molecule has 0 aliphatic carbocycles. The first-order chi connectivity index (χ1) is 24.8. The van der Waals surface area contributed by atoms with Crippen LogP contribution in [0.25, 0.3) is 99.2 Å². The van der Waals surface area contributed by atoms with Crippen molar-refractivity contribution in [2.75, 3.05) is 0 Å². The van der Waals surface area contributed by atoms with Gasteiger partial charge in [-0.05, 0) is 70.1 Å². The summed E-state index contributed by atoms with van der Waals surface area (Å²) < 4.78 is 4.52. The molecule has 50 heavy (non-hydrogen) atoms. The lowest BCUT2D eigenvalue weighted by Gasteiger charge is -2.12. The molecule has 6 nitrogen and oxygen atoms in total. The first-order valence-electron chi connectivity index (χ1n) is 16.7. The molecule has 7 aromatic carbocycles. The van der Waals surface area contributed by atoms with Crippen LogP contribution in [0.5, 0.6) is 0 Å². The number of para-hydroxylation sites is 2. The Bertz CT molecular complexity index is 3060. The van der Waals surface area contributed by atoms with Crippen LogP contribution in [0.4, 0.5) is 0 Å². The molecule has 0 N–H and O–H groups in total. The Morgan fingerprint density at radius 1 is 0.400 bits per heavy atom. The molecule has 6 heteroatoms. The Kier molecular flexibility index (Phi) is 5.57. The SMILES string of the molecule is c1ccc(-n2c3ccccc3c3ccc(-c4nc(-n5c6cc7ccccc7cc6c6cc7ccccc7cc65)nc5nccnc45)cc32)cc1. The van der Waals surface area contributed by atoms with E-state index in [4.69, 9.17) is 19.9 Å². The number of fused-ring (bicyclic) bond motifs is 9. The molecule has 4 heterocycles. The van der Waals surface area contributed by atoms with Gasteiger partial charge in [0.1, 0.15) is 11.2 Å². The highest BCUT2D eigenvalue weighted by atomic mass is 15.2. The smallest absolute Gasteiger partial charge is 0.237 e. The molecule has 0 atom stereocenters. The monoisotopic (exact) mass is 638 g/mol. The van der Waals surface area contributed by atoms with Crippen LogP contribution in [0.3, 0.4) is 0 Å². The fourth-order valence-electron chi connectivity index (χ4n) is 7.73. The van der Waals surface area contributed by atoms with Crippen molar-refractivity contribution in [3.05, 3.63) is 158 Å². The van der Waals surface area contributed by atoms with Gasteiger partial charge in [-0.1, -0.05) is 97.1 Å². The van der Waals surface area contributed by atoms with Crippen LogP contribution < -0.4 is 0 Å². The second-order valence-corrected chi connectivity index (χ2v) is 12.8. The standard InChI is InChI=1S/C44H26N6/c1-2-14-32(15-3-1)49-37-17-9-8-16-33(37)34-19-18-31(26-38(34)49)41-42-43(46-21-20-45-42)48-44(47-41)50-39-24-29-12-6-4-10-27(29)22-35(39)36-23-28-11-5-7-13-30(28)25-40(36)50/h1-26H. The first-order valence-corrected chi connectivity index (χ1v) is 16.7. The van der Waals surface area contributed by atoms with Crippen molar-refractivity contribution < 1.29 is 0 Å². The predicted octanol–water partition coefficient (Wildman–Crippen LogP) is 10.6. The van der Waals surface area contributed by atoms with Crippen LogP contribution in [-0.2, 0) is 0 Å². The average molecular weight is 639 g/mol. The van der Waals surface area contributed by atoms with Gasteiger partial charge in [-0.2, -0.15) is 4.98 Å². The van der Waals surface area contributed by atoms with Gasteiger partial charge in [0.05, 0.1) is 22.1 Å². The van der Waals surface area contributed by atoms with Crippen molar-refractivity contribution in [1.29, 1.82) is 0 Å². The highest BCUT2D eigenvalue weighted by Crippen LogP contribution is 2.39. The van der Waals surface area contributed by atoms with Crippen LogP contribution >= 0.6 is 0 Å². The summed E-state index contributed by atoms with van der Waals surface area (Å²) in [6, 6.07) is 51.8. The second kappa shape index (κ2) is 10.3. The van der Waals surface area contributed by atoms with Crippen molar-refractivity contribution in [3.63, 3.8) is 0 Å². The van der Waals surface area contributed by atoms with Gasteiger partial charge in [0.25, 0.3) is 0 Å². The highest BCUT2D eigenvalue weighted by Gasteiger charge is 2.21. The molecule has 11 rings (SSSR count). The van der Waals surface area contributed by atoms with E-state index in [2.05, 4.69) is 155 Å². The zero-order valence-electron chi connectivity index (χ0n) is 26.7. The van der Waals surface area contributed by atoms with Crippen molar-refractivity contribution >= 4 is 76.3 Å². The van der Waals surface area contributed by atoms with E-state index in [0.29, 0.717) is 17.1 Å². The molecule has 0 bridgehead atoms. The fourth-order valence-corrected chi connectivity index (χ4v) is 7.73.